The molecule has 4 aromatic rings. The summed E-state index contributed by atoms with van der Waals surface area (Å²) in [6.07, 6.45) is 3.79. The molecular weight excluding hydrogens is 945 g/mol. The van der Waals surface area contributed by atoms with Crippen molar-refractivity contribution >= 4 is 52.0 Å². The van der Waals surface area contributed by atoms with Crippen molar-refractivity contribution in [3.63, 3.8) is 0 Å². The Balaban J connectivity index is 1.07. The number of fused-ring (bicyclic) bond motifs is 7. The number of methoxy groups -OCH3 is 1. The standard InChI is InChI=1S/C55H74N10O7S/c1-13-63-44-19-18-35-26-38(44)39(49(63)37-16-14-23-56-47(37)34(4)71-12)28-54(5,6)32-72-52(69)40-17-15-24-65(59-40)51(68)41(27-45-57-42(35)31-73-45)58-50(67)48(33(2)3)61(11)53(70)64-30-36-29-62(25-21-43(36)64)46(66)20-22-55(7,8)60(9)10/h14,16,18-19,23,26,31,33-34,36,40-41,43,48,59H,13,15,17,21,24-25,27-30,32H2,1-12H3,(H,58,67)/t34-,36+,40-,41-,43+,48?/m0/s1. The highest BCUT2D eigenvalue weighted by Gasteiger charge is 2.48. The number of nitrogens with one attached hydrogen (secondary N) is 2. The van der Waals surface area contributed by atoms with Crippen LogP contribution in [0.3, 0.4) is 0 Å². The fourth-order valence-electron chi connectivity index (χ4n) is 10.7. The second kappa shape index (κ2) is 21.5. The van der Waals surface area contributed by atoms with E-state index in [4.69, 9.17) is 19.4 Å². The number of urea groups is 1. The average Bonchev–Trinajstić information content (AvgIpc) is 3.95. The quantitative estimate of drug-likeness (QED) is 0.145. The molecule has 7 heterocycles. The van der Waals surface area contributed by atoms with Crippen LogP contribution in [0.5, 0.6) is 0 Å². The Kier molecular flexibility index (Phi) is 15.8. The van der Waals surface area contributed by atoms with Crippen molar-refractivity contribution in [2.75, 3.05) is 61.0 Å². The minimum absolute atomic E-state index is 0.0704. The van der Waals surface area contributed by atoms with Gasteiger partial charge in [0, 0.05) is 104 Å². The van der Waals surface area contributed by atoms with Gasteiger partial charge in [0.25, 0.3) is 11.8 Å². The van der Waals surface area contributed by atoms with Crippen molar-refractivity contribution in [2.24, 2.45) is 17.3 Å². The molecule has 3 saturated heterocycles. The number of cyclic esters (lactones) is 1. The maximum Gasteiger partial charge on any atom is 0.324 e. The minimum Gasteiger partial charge on any atom is -0.464 e. The molecule has 4 aliphatic rings. The summed E-state index contributed by atoms with van der Waals surface area (Å²) in [5, 5.41) is 8.17. The molecule has 3 aromatic heterocycles. The first-order chi connectivity index (χ1) is 34.6. The maximum atomic E-state index is 14.8. The normalized spacial score (nSPS) is 22.1. The molecule has 0 radical (unpaired) electrons. The van der Waals surface area contributed by atoms with Gasteiger partial charge in [-0.15, -0.1) is 11.3 Å². The molecule has 0 saturated carbocycles. The fourth-order valence-corrected chi connectivity index (χ4v) is 11.6. The Bertz CT molecular complexity index is 2810. The molecule has 73 heavy (non-hydrogen) atoms. The van der Waals surface area contributed by atoms with E-state index in [-0.39, 0.29) is 48.9 Å². The largest absolute Gasteiger partial charge is 0.464 e. The summed E-state index contributed by atoms with van der Waals surface area (Å²) in [7, 11) is 7.18. The number of piperidine rings is 1. The number of thiazole rings is 1. The molecule has 1 aromatic carbocycles. The van der Waals surface area contributed by atoms with Crippen LogP contribution in [0.4, 0.5) is 4.79 Å². The van der Waals surface area contributed by atoms with E-state index in [1.165, 1.54) is 21.2 Å². The van der Waals surface area contributed by atoms with Gasteiger partial charge in [0.05, 0.1) is 40.3 Å². The van der Waals surface area contributed by atoms with Gasteiger partial charge in [-0.3, -0.25) is 34.1 Å². The number of hydrogen-bond donors (Lipinski definition) is 2. The molecule has 17 nitrogen and oxygen atoms in total. The number of esters is 1. The van der Waals surface area contributed by atoms with E-state index in [0.717, 1.165) is 44.7 Å². The number of rotatable bonds is 9. The van der Waals surface area contributed by atoms with E-state index in [0.29, 0.717) is 63.4 Å². The number of likely N-dealkylation sites (tertiary alicyclic amines) is 2. The number of hydrazine groups is 1. The van der Waals surface area contributed by atoms with Gasteiger partial charge in [-0.05, 0) is 109 Å². The molecule has 2 N–H and O–H groups in total. The topological polar surface area (TPSA) is 175 Å². The second-order valence-electron chi connectivity index (χ2n) is 22.1. The van der Waals surface area contributed by atoms with E-state index >= 15 is 0 Å². The molecule has 392 valence electrons. The van der Waals surface area contributed by atoms with E-state index in [9.17, 15) is 24.0 Å². The van der Waals surface area contributed by atoms with Gasteiger partial charge in [-0.2, -0.15) is 0 Å². The van der Waals surface area contributed by atoms with Crippen LogP contribution < -0.4 is 10.7 Å². The predicted octanol–water partition coefficient (Wildman–Crippen LogP) is 6.16. The fraction of sp³-hybridized carbons (Fsp3) is 0.582. The third kappa shape index (κ3) is 11.0. The molecular formula is C55H74N10O7S. The number of aromatic nitrogens is 3. The van der Waals surface area contributed by atoms with Gasteiger partial charge < -0.3 is 34.1 Å². The molecule has 1 unspecified atom stereocenters. The van der Waals surface area contributed by atoms with Crippen molar-refractivity contribution in [3.05, 3.63) is 58.2 Å². The Morgan fingerprint density at radius 2 is 1.85 bits per heavy atom. The number of carbonyl (C=O) groups excluding carboxylic acids is 5. The Morgan fingerprint density at radius 3 is 2.55 bits per heavy atom. The number of benzene rings is 1. The predicted molar refractivity (Wildman–Crippen MR) is 282 cm³/mol. The lowest BCUT2D eigenvalue weighted by atomic mass is 9.82. The molecule has 8 rings (SSSR count). The summed E-state index contributed by atoms with van der Waals surface area (Å²) < 4.78 is 14.3. The first-order valence-corrected chi connectivity index (χ1v) is 26.7. The summed E-state index contributed by atoms with van der Waals surface area (Å²) >= 11 is 1.41. The molecule has 6 atom stereocenters. The first-order valence-electron chi connectivity index (χ1n) is 25.8. The zero-order chi connectivity index (χ0) is 52.7. The number of amides is 5. The lowest BCUT2D eigenvalue weighted by molar-refractivity contribution is -0.155. The zero-order valence-electron chi connectivity index (χ0n) is 44.7. The first kappa shape index (κ1) is 53.4. The summed E-state index contributed by atoms with van der Waals surface area (Å²) in [4.78, 5) is 87.8. The number of pyridine rings is 1. The van der Waals surface area contributed by atoms with E-state index in [1.807, 2.05) is 65.1 Å². The highest BCUT2D eigenvalue weighted by molar-refractivity contribution is 7.10. The van der Waals surface area contributed by atoms with Crippen LogP contribution in [0.25, 0.3) is 33.4 Å². The number of hydrogen-bond acceptors (Lipinski definition) is 12. The SMILES string of the molecule is CCn1c(-c2cccnc2[C@H](C)OC)c2c3cc(ccc31)-c1csc(n1)C[C@H](NC(=O)C(C(C)C)N(C)C(=O)N1C[C@H]3CN(C(=O)C#CC(C)(C)N(C)C)CC[C@H]31)C(=O)N1CCC[C@H](N1)C(=O)OCC(C)(C)C2. The van der Waals surface area contributed by atoms with Crippen molar-refractivity contribution in [1.29, 1.82) is 0 Å². The number of aryl methyl sites for hydroxylation is 1. The number of carbonyl (C=O) groups is 5. The minimum atomic E-state index is -1.09. The third-order valence-electron chi connectivity index (χ3n) is 15.4. The average molecular weight is 1020 g/mol. The number of nitrogens with zero attached hydrogens (tertiary/aromatic N) is 8. The molecule has 4 aliphatic heterocycles. The van der Waals surface area contributed by atoms with Crippen LogP contribution >= 0.6 is 11.3 Å². The molecule has 0 aliphatic carbocycles. The summed E-state index contributed by atoms with van der Waals surface area (Å²) in [5.41, 5.74) is 8.83. The molecule has 18 heteroatoms. The maximum absolute atomic E-state index is 14.8. The second-order valence-corrected chi connectivity index (χ2v) is 23.0. The summed E-state index contributed by atoms with van der Waals surface area (Å²) in [6, 6.07) is 7.29. The van der Waals surface area contributed by atoms with Crippen molar-refractivity contribution in [3.8, 4) is 34.4 Å². The van der Waals surface area contributed by atoms with Crippen LogP contribution in [0.15, 0.2) is 41.9 Å². The molecule has 5 amide bonds. The summed E-state index contributed by atoms with van der Waals surface area (Å²) in [6.45, 7) is 18.6. The number of ether oxygens (including phenoxy) is 2. The van der Waals surface area contributed by atoms with Gasteiger partial charge in [0.2, 0.25) is 5.91 Å². The van der Waals surface area contributed by atoms with Gasteiger partial charge in [0.1, 0.15) is 18.1 Å². The van der Waals surface area contributed by atoms with Gasteiger partial charge >= 0.3 is 12.0 Å². The lowest BCUT2D eigenvalue weighted by Crippen LogP contribution is -2.68. The highest BCUT2D eigenvalue weighted by Crippen LogP contribution is 2.42. The Labute approximate surface area is 434 Å². The van der Waals surface area contributed by atoms with Crippen LogP contribution in [-0.4, -0.2) is 160 Å². The number of likely N-dealkylation sites (N-methyl/N-ethyl adjacent to an activating group) is 1. The monoisotopic (exact) mass is 1020 g/mol. The summed E-state index contributed by atoms with van der Waals surface area (Å²) in [5.74, 6) is 4.16. The highest BCUT2D eigenvalue weighted by atomic mass is 32.1. The van der Waals surface area contributed by atoms with Gasteiger partial charge in [-0.25, -0.2) is 15.2 Å². The van der Waals surface area contributed by atoms with Gasteiger partial charge in [0.15, 0.2) is 0 Å². The zero-order valence-corrected chi connectivity index (χ0v) is 45.5. The van der Waals surface area contributed by atoms with Crippen LogP contribution in [0.1, 0.15) is 97.0 Å². The van der Waals surface area contributed by atoms with E-state index in [1.54, 1.807) is 30.2 Å². The van der Waals surface area contributed by atoms with Crippen molar-refractivity contribution in [2.45, 2.75) is 130 Å². The van der Waals surface area contributed by atoms with Gasteiger partial charge in [-0.1, -0.05) is 39.7 Å². The van der Waals surface area contributed by atoms with Crippen molar-refractivity contribution in [1.82, 2.24) is 49.9 Å². The Hall–Kier alpha value is -5.87. The molecule has 6 bridgehead atoms. The smallest absolute Gasteiger partial charge is 0.324 e. The van der Waals surface area contributed by atoms with Crippen LogP contribution in [0.2, 0.25) is 0 Å². The lowest BCUT2D eigenvalue weighted by Gasteiger charge is -2.54. The molecule has 0 spiro atoms. The Morgan fingerprint density at radius 1 is 1.08 bits per heavy atom. The van der Waals surface area contributed by atoms with Crippen LogP contribution in [-0.2, 0) is 48.0 Å². The third-order valence-corrected chi connectivity index (χ3v) is 16.3. The van der Waals surface area contributed by atoms with Crippen LogP contribution in [0, 0.1) is 29.1 Å². The van der Waals surface area contributed by atoms with Crippen molar-refractivity contribution < 1.29 is 33.4 Å². The van der Waals surface area contributed by atoms with E-state index in [2.05, 4.69) is 72.2 Å². The van der Waals surface area contributed by atoms with E-state index < -0.39 is 46.9 Å². The molecule has 3 fully saturated rings.